The Morgan fingerprint density at radius 2 is 2.11 bits per heavy atom. The van der Waals surface area contributed by atoms with Crippen molar-refractivity contribution in [3.63, 3.8) is 0 Å². The predicted molar refractivity (Wildman–Crippen MR) is 78.8 cm³/mol. The smallest absolute Gasteiger partial charge is 0.252 e. The number of halogens is 1. The number of carbonyl (C=O) groups excluding carboxylic acids is 1. The van der Waals surface area contributed by atoms with E-state index < -0.39 is 0 Å². The van der Waals surface area contributed by atoms with Crippen LogP contribution in [0.1, 0.15) is 35.2 Å². The molecule has 104 valence electrons. The zero-order valence-electron chi connectivity index (χ0n) is 11.4. The number of likely N-dealkylation sites (tertiary alicyclic amines) is 1. The van der Waals surface area contributed by atoms with Crippen molar-refractivity contribution in [1.29, 1.82) is 0 Å². The maximum atomic E-state index is 12.0. The molecule has 1 aromatic rings. The zero-order chi connectivity index (χ0) is 13.7. The highest BCUT2D eigenvalue weighted by molar-refractivity contribution is 6.33. The SMILES string of the molecule is Cc1ccc(C(=O)NCCCN2CCCC2)c(Cl)c1. The van der Waals surface area contributed by atoms with Gasteiger partial charge < -0.3 is 10.2 Å². The second-order valence-corrected chi connectivity index (χ2v) is 5.55. The van der Waals surface area contributed by atoms with Gasteiger partial charge in [0.25, 0.3) is 5.91 Å². The fourth-order valence-corrected chi connectivity index (χ4v) is 2.73. The van der Waals surface area contributed by atoms with Gasteiger partial charge in [-0.25, -0.2) is 0 Å². The van der Waals surface area contributed by atoms with Gasteiger partial charge in [-0.1, -0.05) is 17.7 Å². The fraction of sp³-hybridized carbons (Fsp3) is 0.533. The Labute approximate surface area is 119 Å². The number of nitrogens with one attached hydrogen (secondary N) is 1. The van der Waals surface area contributed by atoms with Crippen LogP contribution in [0.15, 0.2) is 18.2 Å². The summed E-state index contributed by atoms with van der Waals surface area (Å²) in [6.45, 7) is 6.15. The molecule has 0 spiro atoms. The largest absolute Gasteiger partial charge is 0.352 e. The van der Waals surface area contributed by atoms with Crippen molar-refractivity contribution >= 4 is 17.5 Å². The molecule has 0 aliphatic carbocycles. The van der Waals surface area contributed by atoms with Crippen molar-refractivity contribution in [2.75, 3.05) is 26.2 Å². The first kappa shape index (κ1) is 14.4. The Kier molecular flexibility index (Phi) is 5.23. The van der Waals surface area contributed by atoms with Crippen LogP contribution in [-0.4, -0.2) is 37.0 Å². The van der Waals surface area contributed by atoms with E-state index in [0.29, 0.717) is 17.1 Å². The fourth-order valence-electron chi connectivity index (χ4n) is 2.41. The standard InChI is InChI=1S/C15H21ClN2O/c1-12-5-6-13(14(16)11-12)15(19)17-7-4-10-18-8-2-3-9-18/h5-6,11H,2-4,7-10H2,1H3,(H,17,19). The normalized spacial score (nSPS) is 15.7. The van der Waals surface area contributed by atoms with Crippen molar-refractivity contribution in [2.24, 2.45) is 0 Å². The molecule has 0 unspecified atom stereocenters. The van der Waals surface area contributed by atoms with Crippen molar-refractivity contribution in [3.05, 3.63) is 34.3 Å². The number of hydrogen-bond acceptors (Lipinski definition) is 2. The minimum absolute atomic E-state index is 0.0774. The molecule has 0 saturated carbocycles. The number of rotatable bonds is 5. The van der Waals surface area contributed by atoms with Gasteiger partial charge in [0.05, 0.1) is 10.6 Å². The molecule has 0 aromatic heterocycles. The van der Waals surface area contributed by atoms with Crippen LogP contribution in [0.4, 0.5) is 0 Å². The van der Waals surface area contributed by atoms with Gasteiger partial charge >= 0.3 is 0 Å². The molecule has 1 heterocycles. The highest BCUT2D eigenvalue weighted by Gasteiger charge is 2.12. The third kappa shape index (κ3) is 4.22. The van der Waals surface area contributed by atoms with Crippen LogP contribution in [0.5, 0.6) is 0 Å². The Morgan fingerprint density at radius 1 is 1.37 bits per heavy atom. The van der Waals surface area contributed by atoms with Crippen LogP contribution in [0.2, 0.25) is 5.02 Å². The Hall–Kier alpha value is -1.06. The molecule has 1 aliphatic heterocycles. The summed E-state index contributed by atoms with van der Waals surface area (Å²) in [6, 6.07) is 5.51. The van der Waals surface area contributed by atoms with Crippen LogP contribution in [0.25, 0.3) is 0 Å². The van der Waals surface area contributed by atoms with Crippen molar-refractivity contribution < 1.29 is 4.79 Å². The summed E-state index contributed by atoms with van der Waals surface area (Å²) in [5, 5.41) is 3.46. The molecule has 1 aliphatic rings. The summed E-state index contributed by atoms with van der Waals surface area (Å²) in [7, 11) is 0. The lowest BCUT2D eigenvalue weighted by molar-refractivity contribution is 0.0952. The quantitative estimate of drug-likeness (QED) is 0.841. The molecule has 4 heteroatoms. The van der Waals surface area contributed by atoms with E-state index in [1.165, 1.54) is 25.9 Å². The van der Waals surface area contributed by atoms with Crippen molar-refractivity contribution in [3.8, 4) is 0 Å². The second kappa shape index (κ2) is 6.92. The third-order valence-corrected chi connectivity index (χ3v) is 3.82. The average molecular weight is 281 g/mol. The van der Waals surface area contributed by atoms with Crippen molar-refractivity contribution in [2.45, 2.75) is 26.2 Å². The number of nitrogens with zero attached hydrogens (tertiary/aromatic N) is 1. The molecule has 1 aromatic carbocycles. The molecule has 1 saturated heterocycles. The summed E-state index contributed by atoms with van der Waals surface area (Å²) in [6.07, 6.45) is 3.62. The lowest BCUT2D eigenvalue weighted by Gasteiger charge is -2.14. The monoisotopic (exact) mass is 280 g/mol. The molecule has 2 rings (SSSR count). The lowest BCUT2D eigenvalue weighted by Crippen LogP contribution is -2.28. The molecule has 3 nitrogen and oxygen atoms in total. The third-order valence-electron chi connectivity index (χ3n) is 3.50. The topological polar surface area (TPSA) is 32.3 Å². The molecule has 0 atom stereocenters. The molecule has 1 N–H and O–H groups in total. The van der Waals surface area contributed by atoms with E-state index >= 15 is 0 Å². The minimum Gasteiger partial charge on any atom is -0.352 e. The van der Waals surface area contributed by atoms with E-state index in [1.54, 1.807) is 6.07 Å². The molecule has 19 heavy (non-hydrogen) atoms. The van der Waals surface area contributed by atoms with Gasteiger partial charge in [0.1, 0.15) is 0 Å². The summed E-state index contributed by atoms with van der Waals surface area (Å²) in [5.41, 5.74) is 1.63. The number of aryl methyl sites for hydroxylation is 1. The van der Waals surface area contributed by atoms with E-state index in [9.17, 15) is 4.79 Å². The van der Waals surface area contributed by atoms with Gasteiger partial charge in [-0.05, 0) is 63.5 Å². The van der Waals surface area contributed by atoms with E-state index in [1.807, 2.05) is 19.1 Å². The summed E-state index contributed by atoms with van der Waals surface area (Å²) in [5.74, 6) is -0.0774. The molecular formula is C15H21ClN2O. The Bertz CT molecular complexity index is 442. The van der Waals surface area contributed by atoms with Crippen LogP contribution < -0.4 is 5.32 Å². The minimum atomic E-state index is -0.0774. The Morgan fingerprint density at radius 3 is 2.79 bits per heavy atom. The highest BCUT2D eigenvalue weighted by Crippen LogP contribution is 2.17. The van der Waals surface area contributed by atoms with Gasteiger partial charge in [0, 0.05) is 6.54 Å². The molecular weight excluding hydrogens is 260 g/mol. The van der Waals surface area contributed by atoms with Crippen molar-refractivity contribution in [1.82, 2.24) is 10.2 Å². The number of benzene rings is 1. The summed E-state index contributed by atoms with van der Waals surface area (Å²) in [4.78, 5) is 14.4. The molecule has 0 bridgehead atoms. The maximum absolute atomic E-state index is 12.0. The van der Waals surface area contributed by atoms with Gasteiger partial charge in [-0.2, -0.15) is 0 Å². The van der Waals surface area contributed by atoms with E-state index in [0.717, 1.165) is 18.5 Å². The molecule has 1 amide bonds. The first-order valence-electron chi connectivity index (χ1n) is 6.93. The molecule has 0 radical (unpaired) electrons. The first-order valence-corrected chi connectivity index (χ1v) is 7.31. The first-order chi connectivity index (χ1) is 9.16. The van der Waals surface area contributed by atoms with E-state index in [4.69, 9.17) is 11.6 Å². The zero-order valence-corrected chi connectivity index (χ0v) is 12.2. The van der Waals surface area contributed by atoms with Crippen LogP contribution in [0.3, 0.4) is 0 Å². The summed E-state index contributed by atoms with van der Waals surface area (Å²) >= 11 is 6.07. The second-order valence-electron chi connectivity index (χ2n) is 5.14. The van der Waals surface area contributed by atoms with Gasteiger partial charge in [0.2, 0.25) is 0 Å². The number of hydrogen-bond donors (Lipinski definition) is 1. The van der Waals surface area contributed by atoms with Gasteiger partial charge in [0.15, 0.2) is 0 Å². The maximum Gasteiger partial charge on any atom is 0.252 e. The lowest BCUT2D eigenvalue weighted by atomic mass is 10.1. The number of amides is 1. The number of carbonyl (C=O) groups is 1. The molecule has 1 fully saturated rings. The highest BCUT2D eigenvalue weighted by atomic mass is 35.5. The predicted octanol–water partition coefficient (Wildman–Crippen LogP) is 2.86. The van der Waals surface area contributed by atoms with Gasteiger partial charge in [-0.15, -0.1) is 0 Å². The Balaban J connectivity index is 1.74. The van der Waals surface area contributed by atoms with Gasteiger partial charge in [-0.3, -0.25) is 4.79 Å². The summed E-state index contributed by atoms with van der Waals surface area (Å²) < 4.78 is 0. The van der Waals surface area contributed by atoms with E-state index in [-0.39, 0.29) is 5.91 Å². The van der Waals surface area contributed by atoms with Crippen LogP contribution in [-0.2, 0) is 0 Å². The van der Waals surface area contributed by atoms with Crippen LogP contribution >= 0.6 is 11.6 Å². The average Bonchev–Trinajstić information content (AvgIpc) is 2.87. The van der Waals surface area contributed by atoms with E-state index in [2.05, 4.69) is 10.2 Å². The van der Waals surface area contributed by atoms with Crippen LogP contribution in [0, 0.1) is 6.92 Å².